The second kappa shape index (κ2) is 8.12. The lowest BCUT2D eigenvalue weighted by molar-refractivity contribution is -0.120. The van der Waals surface area contributed by atoms with Crippen LogP contribution in [0.25, 0.3) is 23.1 Å². The van der Waals surface area contributed by atoms with E-state index in [0.717, 1.165) is 5.56 Å². The summed E-state index contributed by atoms with van der Waals surface area (Å²) in [4.78, 5) is 12.3. The molecule has 0 aliphatic rings. The molecule has 0 aliphatic heterocycles. The van der Waals surface area contributed by atoms with Crippen LogP contribution in [0.5, 0.6) is 0 Å². The summed E-state index contributed by atoms with van der Waals surface area (Å²) in [5, 5.41) is 10.3. The number of carbonyl (C=O) groups is 1. The summed E-state index contributed by atoms with van der Waals surface area (Å²) in [7, 11) is 0. The van der Waals surface area contributed by atoms with E-state index < -0.39 is 5.82 Å². The Balaban J connectivity index is 1.90. The average Bonchev–Trinajstić information content (AvgIpc) is 3.04. The first-order valence-electron chi connectivity index (χ1n) is 8.94. The van der Waals surface area contributed by atoms with Crippen LogP contribution in [-0.2, 0) is 4.79 Å². The molecule has 1 amide bonds. The highest BCUT2D eigenvalue weighted by atomic mass is 19.1. The maximum atomic E-state index is 14.3. The van der Waals surface area contributed by atoms with Gasteiger partial charge in [0.25, 0.3) is 0 Å². The predicted molar refractivity (Wildman–Crippen MR) is 104 cm³/mol. The molecular weight excluding hydrogens is 348 g/mol. The molecule has 0 spiro atoms. The first-order chi connectivity index (χ1) is 13.0. The number of hydrogen-bond donors (Lipinski definition) is 2. The van der Waals surface area contributed by atoms with Crippen molar-refractivity contribution in [3.63, 3.8) is 0 Å². The zero-order valence-corrected chi connectivity index (χ0v) is 15.2. The number of nitrogens with zero attached hydrogens (tertiary/aromatic N) is 1. The van der Waals surface area contributed by atoms with Gasteiger partial charge in [-0.05, 0) is 42.7 Å². The molecule has 0 radical (unpaired) electrons. The van der Waals surface area contributed by atoms with Crippen LogP contribution in [0.15, 0.2) is 36.4 Å². The van der Waals surface area contributed by atoms with E-state index in [2.05, 4.69) is 15.5 Å². The van der Waals surface area contributed by atoms with Crippen molar-refractivity contribution in [3.05, 3.63) is 59.3 Å². The molecule has 3 aromatic rings. The maximum absolute atomic E-state index is 14.3. The quantitative estimate of drug-likeness (QED) is 0.612. The van der Waals surface area contributed by atoms with Gasteiger partial charge < -0.3 is 5.32 Å². The smallest absolute Gasteiger partial charge is 0.227 e. The van der Waals surface area contributed by atoms with Gasteiger partial charge in [0, 0.05) is 17.4 Å². The normalized spacial score (nSPS) is 11.6. The van der Waals surface area contributed by atoms with Crippen molar-refractivity contribution >= 4 is 34.6 Å². The number of rotatable bonds is 6. The molecule has 2 aromatic carbocycles. The van der Waals surface area contributed by atoms with Crippen molar-refractivity contribution in [1.82, 2.24) is 10.2 Å². The number of aromatic amines is 1. The Morgan fingerprint density at radius 2 is 1.85 bits per heavy atom. The van der Waals surface area contributed by atoms with Gasteiger partial charge in [0.05, 0.1) is 16.9 Å². The van der Waals surface area contributed by atoms with Crippen molar-refractivity contribution < 1.29 is 13.6 Å². The van der Waals surface area contributed by atoms with Crippen LogP contribution in [0.2, 0.25) is 0 Å². The van der Waals surface area contributed by atoms with Gasteiger partial charge in [-0.25, -0.2) is 8.78 Å². The zero-order chi connectivity index (χ0) is 19.4. The molecule has 1 heterocycles. The van der Waals surface area contributed by atoms with Crippen LogP contribution in [0.4, 0.5) is 14.5 Å². The molecule has 0 aliphatic carbocycles. The van der Waals surface area contributed by atoms with Gasteiger partial charge in [0.2, 0.25) is 5.91 Å². The Hall–Kier alpha value is -3.02. The Morgan fingerprint density at radius 1 is 1.15 bits per heavy atom. The minimum absolute atomic E-state index is 0.136. The number of benzene rings is 2. The fraction of sp³-hybridized carbons (Fsp3) is 0.238. The molecule has 1 aromatic heterocycles. The number of hydrogen-bond acceptors (Lipinski definition) is 2. The van der Waals surface area contributed by atoms with Crippen LogP contribution in [-0.4, -0.2) is 16.1 Å². The standard InChI is InChI=1S/C21H21F2N3O/c1-3-14(4-2)21(27)24-20-11-16-18(25-26-19(16)12-17(20)23)10-7-13-5-8-15(22)9-6-13/h5-12,14H,3-4H2,1-2H3,(H,24,27)(H,25,26). The minimum Gasteiger partial charge on any atom is -0.323 e. The van der Waals surface area contributed by atoms with Gasteiger partial charge in [0.15, 0.2) is 0 Å². The highest BCUT2D eigenvalue weighted by Gasteiger charge is 2.17. The molecule has 0 bridgehead atoms. The highest BCUT2D eigenvalue weighted by Crippen LogP contribution is 2.26. The van der Waals surface area contributed by atoms with Crippen molar-refractivity contribution in [2.75, 3.05) is 5.32 Å². The van der Waals surface area contributed by atoms with Gasteiger partial charge in [-0.3, -0.25) is 9.89 Å². The lowest BCUT2D eigenvalue weighted by Gasteiger charge is -2.13. The molecular formula is C21H21F2N3O. The predicted octanol–water partition coefficient (Wildman–Crippen LogP) is 5.39. The van der Waals surface area contributed by atoms with Crippen molar-refractivity contribution in [3.8, 4) is 0 Å². The van der Waals surface area contributed by atoms with Gasteiger partial charge >= 0.3 is 0 Å². The first kappa shape index (κ1) is 18.8. The number of H-pyrrole nitrogens is 1. The van der Waals surface area contributed by atoms with Gasteiger partial charge in [-0.15, -0.1) is 0 Å². The van der Waals surface area contributed by atoms with Crippen LogP contribution in [0, 0.1) is 17.6 Å². The van der Waals surface area contributed by atoms with Gasteiger partial charge in [0.1, 0.15) is 11.6 Å². The SMILES string of the molecule is CCC(CC)C(=O)Nc1cc2c(C=Cc3ccc(F)cc3)n[nH]c2cc1F. The summed E-state index contributed by atoms with van der Waals surface area (Å²) in [5.41, 5.74) is 2.09. The van der Waals surface area contributed by atoms with E-state index in [9.17, 15) is 13.6 Å². The molecule has 27 heavy (non-hydrogen) atoms. The Labute approximate surface area is 156 Å². The maximum Gasteiger partial charge on any atom is 0.227 e. The molecule has 0 fully saturated rings. The number of amides is 1. The largest absolute Gasteiger partial charge is 0.323 e. The molecule has 0 atom stereocenters. The Kier molecular flexibility index (Phi) is 5.64. The van der Waals surface area contributed by atoms with Crippen molar-refractivity contribution in [2.24, 2.45) is 5.92 Å². The first-order valence-corrected chi connectivity index (χ1v) is 8.94. The van der Waals surface area contributed by atoms with Gasteiger partial charge in [-0.1, -0.05) is 32.1 Å². The number of carbonyl (C=O) groups excluding carboxylic acids is 1. The molecule has 6 heteroatoms. The average molecular weight is 369 g/mol. The van der Waals surface area contributed by atoms with Crippen molar-refractivity contribution in [2.45, 2.75) is 26.7 Å². The minimum atomic E-state index is -0.514. The third kappa shape index (κ3) is 4.22. The molecule has 0 saturated carbocycles. The summed E-state index contributed by atoms with van der Waals surface area (Å²) in [6, 6.07) is 8.97. The van der Waals surface area contributed by atoms with Crippen LogP contribution in [0.3, 0.4) is 0 Å². The third-order valence-electron chi connectivity index (χ3n) is 4.60. The second-order valence-corrected chi connectivity index (χ2v) is 6.37. The van der Waals surface area contributed by atoms with E-state index >= 15 is 0 Å². The zero-order valence-electron chi connectivity index (χ0n) is 15.2. The van der Waals surface area contributed by atoms with E-state index in [-0.39, 0.29) is 23.3 Å². The van der Waals surface area contributed by atoms with Gasteiger partial charge in [-0.2, -0.15) is 5.10 Å². The number of halogens is 2. The molecule has 2 N–H and O–H groups in total. The third-order valence-corrected chi connectivity index (χ3v) is 4.60. The number of aromatic nitrogens is 2. The fourth-order valence-electron chi connectivity index (χ4n) is 2.92. The van der Waals surface area contributed by atoms with E-state index in [4.69, 9.17) is 0 Å². The fourth-order valence-corrected chi connectivity index (χ4v) is 2.92. The number of anilines is 1. The summed E-state index contributed by atoms with van der Waals surface area (Å²) in [6.45, 7) is 3.86. The Morgan fingerprint density at radius 3 is 2.52 bits per heavy atom. The van der Waals surface area contributed by atoms with E-state index in [1.54, 1.807) is 30.4 Å². The second-order valence-electron chi connectivity index (χ2n) is 6.37. The molecule has 4 nitrogen and oxygen atoms in total. The monoisotopic (exact) mass is 369 g/mol. The molecule has 0 unspecified atom stereocenters. The molecule has 0 saturated heterocycles. The molecule has 3 rings (SSSR count). The summed E-state index contributed by atoms with van der Waals surface area (Å²) >= 11 is 0. The number of fused-ring (bicyclic) bond motifs is 1. The Bertz CT molecular complexity index is 973. The summed E-state index contributed by atoms with van der Waals surface area (Å²) < 4.78 is 27.3. The topological polar surface area (TPSA) is 57.8 Å². The van der Waals surface area contributed by atoms with Crippen LogP contribution < -0.4 is 5.32 Å². The lowest BCUT2D eigenvalue weighted by Crippen LogP contribution is -2.22. The van der Waals surface area contributed by atoms with Crippen LogP contribution >= 0.6 is 0 Å². The molecule has 140 valence electrons. The van der Waals surface area contributed by atoms with E-state index in [0.29, 0.717) is 29.4 Å². The highest BCUT2D eigenvalue weighted by molar-refractivity contribution is 5.97. The lowest BCUT2D eigenvalue weighted by atomic mass is 10.0. The number of nitrogens with one attached hydrogen (secondary N) is 2. The summed E-state index contributed by atoms with van der Waals surface area (Å²) in [6.07, 6.45) is 4.95. The summed E-state index contributed by atoms with van der Waals surface area (Å²) in [5.74, 6) is -1.15. The van der Waals surface area contributed by atoms with Crippen molar-refractivity contribution in [1.29, 1.82) is 0 Å². The van der Waals surface area contributed by atoms with E-state index in [1.165, 1.54) is 18.2 Å². The van der Waals surface area contributed by atoms with E-state index in [1.807, 2.05) is 13.8 Å². The van der Waals surface area contributed by atoms with Crippen LogP contribution in [0.1, 0.15) is 37.9 Å².